The van der Waals surface area contributed by atoms with Crippen molar-refractivity contribution < 1.29 is 4.79 Å². The number of amides is 1. The molecule has 0 saturated carbocycles. The Kier molecular flexibility index (Phi) is 5.34. The summed E-state index contributed by atoms with van der Waals surface area (Å²) in [4.78, 5) is 13.0. The van der Waals surface area contributed by atoms with Gasteiger partial charge in [-0.25, -0.2) is 0 Å². The summed E-state index contributed by atoms with van der Waals surface area (Å²) in [5.74, 6) is 0.159. The van der Waals surface area contributed by atoms with Gasteiger partial charge in [-0.15, -0.1) is 0 Å². The van der Waals surface area contributed by atoms with Crippen molar-refractivity contribution in [3.05, 3.63) is 35.4 Å². The van der Waals surface area contributed by atoms with Crippen molar-refractivity contribution in [3.63, 3.8) is 0 Å². The third kappa shape index (κ3) is 4.98. The van der Waals surface area contributed by atoms with Gasteiger partial charge in [-0.2, -0.15) is 5.26 Å². The van der Waals surface area contributed by atoms with E-state index in [0.29, 0.717) is 18.0 Å². The number of hydrogen-bond donors (Lipinski definition) is 1. The van der Waals surface area contributed by atoms with E-state index >= 15 is 0 Å². The summed E-state index contributed by atoms with van der Waals surface area (Å²) in [6.07, 6.45) is 0. The lowest BCUT2D eigenvalue weighted by Crippen LogP contribution is -2.35. The van der Waals surface area contributed by atoms with E-state index in [1.807, 2.05) is 17.0 Å². The lowest BCUT2D eigenvalue weighted by molar-refractivity contribution is -0.119. The Bertz CT molecular complexity index is 431. The van der Waals surface area contributed by atoms with Crippen LogP contribution >= 0.6 is 0 Å². The average Bonchev–Trinajstić information content (AvgIpc) is 2.28. The number of nitrogens with zero attached hydrogens (tertiary/aromatic N) is 2. The Morgan fingerprint density at radius 2 is 2.00 bits per heavy atom. The maximum Gasteiger partial charge on any atom is 0.231 e. The Morgan fingerprint density at radius 1 is 1.39 bits per heavy atom. The standard InChI is InChI=1S/C14H19N3O/c1-11(2)8-17(10-14(16)18)9-13-5-3-12(7-15)4-6-13/h3-6,11H,8-10H2,1-2H3,(H2,16,18). The number of primary amides is 1. The number of nitrogens with two attached hydrogens (primary N) is 1. The lowest BCUT2D eigenvalue weighted by Gasteiger charge is -2.22. The summed E-state index contributed by atoms with van der Waals surface area (Å²) in [5.41, 5.74) is 6.97. The van der Waals surface area contributed by atoms with Crippen molar-refractivity contribution in [3.8, 4) is 6.07 Å². The van der Waals surface area contributed by atoms with Crippen LogP contribution in [0.15, 0.2) is 24.3 Å². The number of nitriles is 1. The Labute approximate surface area is 108 Å². The van der Waals surface area contributed by atoms with Crippen molar-refractivity contribution in [2.75, 3.05) is 13.1 Å². The Morgan fingerprint density at radius 3 is 2.44 bits per heavy atom. The van der Waals surface area contributed by atoms with Gasteiger partial charge in [-0.3, -0.25) is 9.69 Å². The van der Waals surface area contributed by atoms with E-state index in [-0.39, 0.29) is 12.5 Å². The van der Waals surface area contributed by atoms with E-state index in [4.69, 9.17) is 11.0 Å². The van der Waals surface area contributed by atoms with Gasteiger partial charge in [0.05, 0.1) is 18.2 Å². The van der Waals surface area contributed by atoms with Gasteiger partial charge < -0.3 is 5.73 Å². The molecule has 0 aromatic heterocycles. The SMILES string of the molecule is CC(C)CN(CC(N)=O)Cc1ccc(C#N)cc1. The number of rotatable bonds is 6. The molecule has 0 heterocycles. The lowest BCUT2D eigenvalue weighted by atomic mass is 10.1. The van der Waals surface area contributed by atoms with Gasteiger partial charge in [-0.05, 0) is 23.6 Å². The summed E-state index contributed by atoms with van der Waals surface area (Å²) in [6, 6.07) is 9.47. The van der Waals surface area contributed by atoms with Gasteiger partial charge in [0.1, 0.15) is 0 Å². The van der Waals surface area contributed by atoms with Crippen LogP contribution in [0.1, 0.15) is 25.0 Å². The highest BCUT2D eigenvalue weighted by Crippen LogP contribution is 2.08. The van der Waals surface area contributed by atoms with Crippen LogP contribution in [-0.2, 0) is 11.3 Å². The predicted octanol–water partition coefficient (Wildman–Crippen LogP) is 1.50. The maximum absolute atomic E-state index is 11.0. The fourth-order valence-electron chi connectivity index (χ4n) is 1.86. The minimum absolute atomic E-state index is 0.262. The van der Waals surface area contributed by atoms with Crippen molar-refractivity contribution in [2.24, 2.45) is 11.7 Å². The molecular weight excluding hydrogens is 226 g/mol. The second kappa shape index (κ2) is 6.77. The van der Waals surface area contributed by atoms with Gasteiger partial charge >= 0.3 is 0 Å². The molecule has 4 nitrogen and oxygen atoms in total. The minimum Gasteiger partial charge on any atom is -0.369 e. The average molecular weight is 245 g/mol. The van der Waals surface area contributed by atoms with Crippen LogP contribution in [0, 0.1) is 17.2 Å². The van der Waals surface area contributed by atoms with Crippen molar-refractivity contribution in [1.82, 2.24) is 4.90 Å². The van der Waals surface area contributed by atoms with E-state index in [2.05, 4.69) is 19.9 Å². The number of benzene rings is 1. The van der Waals surface area contributed by atoms with E-state index in [1.54, 1.807) is 12.1 Å². The maximum atomic E-state index is 11.0. The molecule has 1 rings (SSSR count). The summed E-state index contributed by atoms with van der Waals surface area (Å²) in [5, 5.41) is 8.73. The first-order chi connectivity index (χ1) is 8.51. The molecule has 0 radical (unpaired) electrons. The summed E-state index contributed by atoms with van der Waals surface area (Å²) >= 11 is 0. The molecule has 96 valence electrons. The summed E-state index contributed by atoms with van der Waals surface area (Å²) in [7, 11) is 0. The molecule has 0 bridgehead atoms. The predicted molar refractivity (Wildman–Crippen MR) is 70.5 cm³/mol. The highest BCUT2D eigenvalue weighted by molar-refractivity contribution is 5.75. The van der Waals surface area contributed by atoms with Crippen LogP contribution in [0.3, 0.4) is 0 Å². The molecule has 0 aliphatic rings. The van der Waals surface area contributed by atoms with E-state index in [9.17, 15) is 4.79 Å². The first kappa shape index (κ1) is 14.2. The van der Waals surface area contributed by atoms with Gasteiger partial charge in [0, 0.05) is 13.1 Å². The molecule has 4 heteroatoms. The molecule has 0 saturated heterocycles. The third-order valence-corrected chi connectivity index (χ3v) is 2.49. The molecule has 0 aliphatic carbocycles. The van der Waals surface area contributed by atoms with Crippen LogP contribution in [0.5, 0.6) is 0 Å². The normalized spacial score (nSPS) is 10.6. The van der Waals surface area contributed by atoms with E-state index < -0.39 is 0 Å². The number of carbonyl (C=O) groups is 1. The first-order valence-corrected chi connectivity index (χ1v) is 6.01. The van der Waals surface area contributed by atoms with Crippen LogP contribution in [0.25, 0.3) is 0 Å². The van der Waals surface area contributed by atoms with Crippen molar-refractivity contribution >= 4 is 5.91 Å². The molecule has 0 fully saturated rings. The van der Waals surface area contributed by atoms with Crippen molar-refractivity contribution in [1.29, 1.82) is 5.26 Å². The van der Waals surface area contributed by atoms with Gasteiger partial charge in [-0.1, -0.05) is 26.0 Å². The fourth-order valence-corrected chi connectivity index (χ4v) is 1.86. The topological polar surface area (TPSA) is 70.1 Å². The molecule has 1 amide bonds. The first-order valence-electron chi connectivity index (χ1n) is 6.01. The van der Waals surface area contributed by atoms with Crippen molar-refractivity contribution in [2.45, 2.75) is 20.4 Å². The summed E-state index contributed by atoms with van der Waals surface area (Å²) < 4.78 is 0. The van der Waals surface area contributed by atoms with Gasteiger partial charge in [0.2, 0.25) is 5.91 Å². The molecule has 2 N–H and O–H groups in total. The van der Waals surface area contributed by atoms with Crippen LogP contribution in [0.4, 0.5) is 0 Å². The molecule has 1 aromatic rings. The monoisotopic (exact) mass is 245 g/mol. The second-order valence-electron chi connectivity index (χ2n) is 4.84. The molecule has 0 unspecified atom stereocenters. The Balaban J connectivity index is 2.69. The third-order valence-electron chi connectivity index (χ3n) is 2.49. The smallest absolute Gasteiger partial charge is 0.231 e. The number of hydrogen-bond acceptors (Lipinski definition) is 3. The highest BCUT2D eigenvalue weighted by atomic mass is 16.1. The Hall–Kier alpha value is -1.86. The quantitative estimate of drug-likeness (QED) is 0.825. The number of carbonyl (C=O) groups excluding carboxylic acids is 1. The highest BCUT2D eigenvalue weighted by Gasteiger charge is 2.10. The van der Waals surface area contributed by atoms with Gasteiger partial charge in [0.25, 0.3) is 0 Å². The zero-order valence-electron chi connectivity index (χ0n) is 10.9. The molecule has 0 spiro atoms. The molecule has 0 atom stereocenters. The molecule has 18 heavy (non-hydrogen) atoms. The fraction of sp³-hybridized carbons (Fsp3) is 0.429. The van der Waals surface area contributed by atoms with Crippen LogP contribution in [-0.4, -0.2) is 23.9 Å². The zero-order valence-corrected chi connectivity index (χ0v) is 10.9. The molecule has 0 aliphatic heterocycles. The van der Waals surface area contributed by atoms with Crippen LogP contribution < -0.4 is 5.73 Å². The van der Waals surface area contributed by atoms with E-state index in [0.717, 1.165) is 12.1 Å². The zero-order chi connectivity index (χ0) is 13.5. The molecule has 1 aromatic carbocycles. The van der Waals surface area contributed by atoms with E-state index in [1.165, 1.54) is 0 Å². The van der Waals surface area contributed by atoms with Gasteiger partial charge in [0.15, 0.2) is 0 Å². The second-order valence-corrected chi connectivity index (χ2v) is 4.84. The summed E-state index contributed by atoms with van der Waals surface area (Å²) in [6.45, 7) is 5.97. The van der Waals surface area contributed by atoms with Crippen LogP contribution in [0.2, 0.25) is 0 Å². The molecular formula is C14H19N3O. The largest absolute Gasteiger partial charge is 0.369 e. The minimum atomic E-state index is -0.315.